The zero-order valence-corrected chi connectivity index (χ0v) is 14.8. The lowest BCUT2D eigenvalue weighted by molar-refractivity contribution is -0.385. The van der Waals surface area contributed by atoms with Crippen LogP contribution in [0.5, 0.6) is 0 Å². The first-order chi connectivity index (χ1) is 12.4. The molecule has 0 spiro atoms. The minimum Gasteiger partial charge on any atom is -0.396 e. The van der Waals surface area contributed by atoms with Crippen LogP contribution in [-0.2, 0) is 9.59 Å². The van der Waals surface area contributed by atoms with Gasteiger partial charge in [-0.15, -0.1) is 0 Å². The molecule has 0 aromatic heterocycles. The number of piperidine rings is 1. The standard InChI is InChI=1S/C18H23N3O5/c1-12-5-6-14(10-15(12)21(25)26)20-17(23)11-16(18(20)24)19-8-3-2-4-13(19)7-9-22/h5-6,10,13,16,22H,2-4,7-9,11H2,1H3/t13-,16+/m0/s1. The average Bonchev–Trinajstić information content (AvgIpc) is 2.90. The number of aliphatic hydroxyl groups excluding tert-OH is 1. The van der Waals surface area contributed by atoms with Crippen LogP contribution in [0.15, 0.2) is 18.2 Å². The molecular formula is C18H23N3O5. The first-order valence-electron chi connectivity index (χ1n) is 8.92. The van der Waals surface area contributed by atoms with Gasteiger partial charge in [0.05, 0.1) is 23.1 Å². The maximum atomic E-state index is 13.0. The van der Waals surface area contributed by atoms with Crippen molar-refractivity contribution in [1.29, 1.82) is 0 Å². The number of nitrogens with zero attached hydrogens (tertiary/aromatic N) is 3. The Morgan fingerprint density at radius 2 is 2.08 bits per heavy atom. The Bertz CT molecular complexity index is 734. The SMILES string of the molecule is Cc1ccc(N2C(=O)C[C@@H](N3CCCC[C@H]3CCO)C2=O)cc1[N+](=O)[O-]. The first-order valence-corrected chi connectivity index (χ1v) is 8.92. The van der Waals surface area contributed by atoms with E-state index in [0.717, 1.165) is 30.7 Å². The number of aryl methyl sites for hydroxylation is 1. The van der Waals surface area contributed by atoms with Crippen LogP contribution in [0.3, 0.4) is 0 Å². The molecule has 0 radical (unpaired) electrons. The maximum absolute atomic E-state index is 13.0. The number of anilines is 1. The second kappa shape index (κ2) is 7.51. The Balaban J connectivity index is 1.87. The number of benzene rings is 1. The minimum atomic E-state index is -0.556. The molecule has 2 heterocycles. The summed E-state index contributed by atoms with van der Waals surface area (Å²) in [6.45, 7) is 2.38. The van der Waals surface area contributed by atoms with E-state index >= 15 is 0 Å². The van der Waals surface area contributed by atoms with Gasteiger partial charge in [0.25, 0.3) is 11.6 Å². The van der Waals surface area contributed by atoms with Crippen molar-refractivity contribution in [3.63, 3.8) is 0 Å². The van der Waals surface area contributed by atoms with Crippen LogP contribution in [0.2, 0.25) is 0 Å². The lowest BCUT2D eigenvalue weighted by Gasteiger charge is -2.38. The summed E-state index contributed by atoms with van der Waals surface area (Å²) in [6.07, 6.45) is 3.55. The van der Waals surface area contributed by atoms with E-state index in [2.05, 4.69) is 0 Å². The third-order valence-corrected chi connectivity index (χ3v) is 5.31. The van der Waals surface area contributed by atoms with Crippen molar-refractivity contribution in [2.24, 2.45) is 0 Å². The number of nitro groups is 1. The summed E-state index contributed by atoms with van der Waals surface area (Å²) in [5.41, 5.74) is 0.617. The molecule has 1 aromatic carbocycles. The van der Waals surface area contributed by atoms with E-state index in [1.54, 1.807) is 19.1 Å². The van der Waals surface area contributed by atoms with Crippen LogP contribution in [0.4, 0.5) is 11.4 Å². The molecule has 1 N–H and O–H groups in total. The Kier molecular flexibility index (Phi) is 5.33. The molecule has 2 atom stereocenters. The van der Waals surface area contributed by atoms with E-state index < -0.39 is 11.0 Å². The molecule has 2 amide bonds. The van der Waals surface area contributed by atoms with Gasteiger partial charge in [0, 0.05) is 24.3 Å². The predicted octanol–water partition coefficient (Wildman–Crippen LogP) is 1.77. The fourth-order valence-electron chi connectivity index (χ4n) is 3.97. The third kappa shape index (κ3) is 3.34. The van der Waals surface area contributed by atoms with Crippen molar-refractivity contribution in [2.45, 2.75) is 51.1 Å². The molecule has 8 nitrogen and oxygen atoms in total. The van der Waals surface area contributed by atoms with Gasteiger partial charge in [-0.1, -0.05) is 12.5 Å². The van der Waals surface area contributed by atoms with Crippen molar-refractivity contribution in [1.82, 2.24) is 4.90 Å². The van der Waals surface area contributed by atoms with E-state index in [-0.39, 0.29) is 42.3 Å². The highest BCUT2D eigenvalue weighted by molar-refractivity contribution is 6.22. The molecule has 0 unspecified atom stereocenters. The highest BCUT2D eigenvalue weighted by atomic mass is 16.6. The van der Waals surface area contributed by atoms with Crippen LogP contribution in [-0.4, -0.2) is 52.0 Å². The molecule has 26 heavy (non-hydrogen) atoms. The van der Waals surface area contributed by atoms with Crippen molar-refractivity contribution in [3.05, 3.63) is 33.9 Å². The predicted molar refractivity (Wildman–Crippen MR) is 94.8 cm³/mol. The number of amides is 2. The zero-order valence-electron chi connectivity index (χ0n) is 14.8. The Labute approximate surface area is 151 Å². The summed E-state index contributed by atoms with van der Waals surface area (Å²) in [7, 11) is 0. The molecule has 1 aromatic rings. The summed E-state index contributed by atoms with van der Waals surface area (Å²) >= 11 is 0. The Morgan fingerprint density at radius 3 is 2.77 bits per heavy atom. The smallest absolute Gasteiger partial charge is 0.274 e. The van der Waals surface area contributed by atoms with Gasteiger partial charge >= 0.3 is 0 Å². The van der Waals surface area contributed by atoms with Gasteiger partial charge in [0.1, 0.15) is 0 Å². The van der Waals surface area contributed by atoms with Gasteiger partial charge in [-0.2, -0.15) is 0 Å². The van der Waals surface area contributed by atoms with Gasteiger partial charge in [-0.25, -0.2) is 4.90 Å². The summed E-state index contributed by atoms with van der Waals surface area (Å²) < 4.78 is 0. The fraction of sp³-hybridized carbons (Fsp3) is 0.556. The number of hydrogen-bond acceptors (Lipinski definition) is 6. The van der Waals surface area contributed by atoms with Gasteiger partial charge < -0.3 is 5.11 Å². The molecule has 8 heteroatoms. The van der Waals surface area contributed by atoms with Crippen LogP contribution in [0, 0.1) is 17.0 Å². The number of likely N-dealkylation sites (tertiary alicyclic amines) is 1. The number of carbonyl (C=O) groups excluding carboxylic acids is 2. The highest BCUT2D eigenvalue weighted by Crippen LogP contribution is 2.32. The van der Waals surface area contributed by atoms with Crippen molar-refractivity contribution < 1.29 is 19.6 Å². The monoisotopic (exact) mass is 361 g/mol. The number of imide groups is 1. The van der Waals surface area contributed by atoms with Gasteiger partial charge in [-0.3, -0.25) is 24.6 Å². The fourth-order valence-corrected chi connectivity index (χ4v) is 3.97. The second-order valence-corrected chi connectivity index (χ2v) is 6.91. The van der Waals surface area contributed by atoms with Gasteiger partial charge in [0.2, 0.25) is 5.91 Å². The van der Waals surface area contributed by atoms with Crippen LogP contribution in [0.1, 0.15) is 37.7 Å². The van der Waals surface area contributed by atoms with E-state index in [9.17, 15) is 24.8 Å². The molecule has 3 rings (SSSR count). The summed E-state index contributed by atoms with van der Waals surface area (Å²) in [4.78, 5) is 39.2. The van der Waals surface area contributed by atoms with Crippen LogP contribution in [0.25, 0.3) is 0 Å². The lowest BCUT2D eigenvalue weighted by atomic mass is 9.97. The number of rotatable bonds is 5. The second-order valence-electron chi connectivity index (χ2n) is 6.91. The Morgan fingerprint density at radius 1 is 1.31 bits per heavy atom. The van der Waals surface area contributed by atoms with E-state index in [1.165, 1.54) is 6.07 Å². The molecule has 0 saturated carbocycles. The molecule has 2 aliphatic rings. The van der Waals surface area contributed by atoms with E-state index in [4.69, 9.17) is 0 Å². The number of nitro benzene ring substituents is 1. The van der Waals surface area contributed by atoms with Crippen molar-refractivity contribution in [2.75, 3.05) is 18.1 Å². The molecule has 0 bridgehead atoms. The molecule has 2 saturated heterocycles. The summed E-state index contributed by atoms with van der Waals surface area (Å²) in [5.74, 6) is -0.676. The minimum absolute atomic E-state index is 0.0455. The van der Waals surface area contributed by atoms with Crippen molar-refractivity contribution in [3.8, 4) is 0 Å². The van der Waals surface area contributed by atoms with Gasteiger partial charge in [-0.05, 0) is 38.8 Å². The molecule has 2 aliphatic heterocycles. The first kappa shape index (κ1) is 18.5. The number of carbonyl (C=O) groups is 2. The maximum Gasteiger partial charge on any atom is 0.274 e. The average molecular weight is 361 g/mol. The van der Waals surface area contributed by atoms with Gasteiger partial charge in [0.15, 0.2) is 0 Å². The molecule has 140 valence electrons. The van der Waals surface area contributed by atoms with E-state index in [1.807, 2.05) is 4.90 Å². The summed E-state index contributed by atoms with van der Waals surface area (Å²) in [6, 6.07) is 3.94. The number of hydrogen-bond donors (Lipinski definition) is 1. The van der Waals surface area contributed by atoms with E-state index in [0.29, 0.717) is 12.0 Å². The van der Waals surface area contributed by atoms with Crippen LogP contribution < -0.4 is 4.90 Å². The molecule has 0 aliphatic carbocycles. The largest absolute Gasteiger partial charge is 0.396 e. The topological polar surface area (TPSA) is 104 Å². The normalized spacial score (nSPS) is 24.3. The Hall–Kier alpha value is -2.32. The van der Waals surface area contributed by atoms with Crippen LogP contribution >= 0.6 is 0 Å². The zero-order chi connectivity index (χ0) is 18.8. The highest BCUT2D eigenvalue weighted by Gasteiger charge is 2.45. The third-order valence-electron chi connectivity index (χ3n) is 5.31. The lowest BCUT2D eigenvalue weighted by Crippen LogP contribution is -2.50. The number of aliphatic hydroxyl groups is 1. The molecular weight excluding hydrogens is 338 g/mol. The quantitative estimate of drug-likeness (QED) is 0.487. The summed E-state index contributed by atoms with van der Waals surface area (Å²) in [5, 5.41) is 20.4. The molecule has 2 fully saturated rings. The van der Waals surface area contributed by atoms with Crippen molar-refractivity contribution >= 4 is 23.2 Å².